The third-order valence-corrected chi connectivity index (χ3v) is 4.31. The molecule has 0 spiro atoms. The van der Waals surface area contributed by atoms with Gasteiger partial charge in [0.05, 0.1) is 0 Å². The van der Waals surface area contributed by atoms with E-state index in [-0.39, 0.29) is 6.10 Å². The molecule has 1 unspecified atom stereocenters. The number of unbranched alkanes of at least 4 members (excludes halogenated alkanes) is 2. The summed E-state index contributed by atoms with van der Waals surface area (Å²) in [5.74, 6) is 2.67. The predicted molar refractivity (Wildman–Crippen MR) is 76.8 cm³/mol. The minimum absolute atomic E-state index is 0.0755. The molecule has 0 heterocycles. The summed E-state index contributed by atoms with van der Waals surface area (Å²) in [7, 11) is -0.989. The Kier molecular flexibility index (Phi) is 9.53. The Morgan fingerprint density at radius 3 is 2.47 bits per heavy atom. The molecule has 0 bridgehead atoms. The molecule has 0 radical (unpaired) electrons. The van der Waals surface area contributed by atoms with Crippen molar-refractivity contribution in [1.82, 2.24) is 0 Å². The van der Waals surface area contributed by atoms with Crippen LogP contribution in [0.2, 0.25) is 25.7 Å². The average molecular weight is 256 g/mol. The maximum absolute atomic E-state index is 5.51. The lowest BCUT2D eigenvalue weighted by Crippen LogP contribution is -2.22. The van der Waals surface area contributed by atoms with Gasteiger partial charge >= 0.3 is 0 Å². The van der Waals surface area contributed by atoms with Crippen LogP contribution in [0, 0.1) is 12.3 Å². The van der Waals surface area contributed by atoms with Crippen molar-refractivity contribution < 1.29 is 9.47 Å². The molecule has 0 fully saturated rings. The summed E-state index contributed by atoms with van der Waals surface area (Å²) in [6, 6.07) is 1.17. The van der Waals surface area contributed by atoms with E-state index in [4.69, 9.17) is 15.9 Å². The summed E-state index contributed by atoms with van der Waals surface area (Å²) in [4.78, 5) is 0. The first-order valence-electron chi connectivity index (χ1n) is 6.65. The molecule has 0 amide bonds. The molecule has 0 saturated heterocycles. The van der Waals surface area contributed by atoms with Gasteiger partial charge in [0.25, 0.3) is 0 Å². The molecule has 0 saturated carbocycles. The monoisotopic (exact) mass is 256 g/mol. The van der Waals surface area contributed by atoms with Gasteiger partial charge < -0.3 is 9.47 Å². The molecule has 0 aromatic carbocycles. The second-order valence-electron chi connectivity index (χ2n) is 5.65. The van der Waals surface area contributed by atoms with Crippen molar-refractivity contribution in [2.75, 3.05) is 13.4 Å². The van der Waals surface area contributed by atoms with Crippen molar-refractivity contribution in [3.8, 4) is 12.3 Å². The van der Waals surface area contributed by atoms with Crippen molar-refractivity contribution >= 4 is 8.07 Å². The van der Waals surface area contributed by atoms with E-state index in [1.54, 1.807) is 0 Å². The normalized spacial score (nSPS) is 13.4. The van der Waals surface area contributed by atoms with Crippen LogP contribution >= 0.6 is 0 Å². The second-order valence-corrected chi connectivity index (χ2v) is 11.3. The first kappa shape index (κ1) is 16.7. The summed E-state index contributed by atoms with van der Waals surface area (Å²) < 4.78 is 11.0. The van der Waals surface area contributed by atoms with Gasteiger partial charge in [-0.1, -0.05) is 45.3 Å². The Labute approximate surface area is 108 Å². The maximum Gasteiger partial charge on any atom is 0.148 e. The van der Waals surface area contributed by atoms with E-state index in [1.165, 1.54) is 18.9 Å². The van der Waals surface area contributed by atoms with Crippen molar-refractivity contribution in [3.63, 3.8) is 0 Å². The molecule has 0 aliphatic carbocycles. The summed E-state index contributed by atoms with van der Waals surface area (Å²) in [6.07, 6.45) is 9.86. The van der Waals surface area contributed by atoms with Gasteiger partial charge in [-0.3, -0.25) is 0 Å². The fourth-order valence-electron chi connectivity index (χ4n) is 1.36. The van der Waals surface area contributed by atoms with Crippen LogP contribution in [0.1, 0.15) is 32.6 Å². The molecule has 0 rings (SSSR count). The molecule has 0 aliphatic rings. The Bertz CT molecular complexity index is 215. The largest absolute Gasteiger partial charge is 0.356 e. The molecule has 0 aromatic heterocycles. The Morgan fingerprint density at radius 2 is 1.94 bits per heavy atom. The fourth-order valence-corrected chi connectivity index (χ4v) is 2.12. The molecule has 3 heteroatoms. The van der Waals surface area contributed by atoms with E-state index in [0.717, 1.165) is 19.4 Å². The highest BCUT2D eigenvalue weighted by atomic mass is 28.3. The quantitative estimate of drug-likeness (QED) is 0.255. The van der Waals surface area contributed by atoms with Gasteiger partial charge in [0, 0.05) is 14.7 Å². The smallest absolute Gasteiger partial charge is 0.148 e. The number of terminal acetylenes is 1. The van der Waals surface area contributed by atoms with Gasteiger partial charge in [0.2, 0.25) is 0 Å². The van der Waals surface area contributed by atoms with E-state index < -0.39 is 8.07 Å². The summed E-state index contributed by atoms with van der Waals surface area (Å²) in [5, 5.41) is 0. The molecule has 100 valence electrons. The summed E-state index contributed by atoms with van der Waals surface area (Å²) in [6.45, 7) is 10.3. The number of hydrogen-bond acceptors (Lipinski definition) is 2. The van der Waals surface area contributed by atoms with Gasteiger partial charge in [-0.05, 0) is 18.9 Å². The highest BCUT2D eigenvalue weighted by molar-refractivity contribution is 6.76. The Hall–Kier alpha value is -0.303. The molecule has 2 nitrogen and oxygen atoms in total. The summed E-state index contributed by atoms with van der Waals surface area (Å²) in [5.41, 5.74) is 0. The van der Waals surface area contributed by atoms with Gasteiger partial charge in [0.1, 0.15) is 12.9 Å². The first-order chi connectivity index (χ1) is 7.99. The fraction of sp³-hybridized carbons (Fsp3) is 0.857. The van der Waals surface area contributed by atoms with E-state index in [2.05, 4.69) is 32.5 Å². The zero-order valence-electron chi connectivity index (χ0n) is 11.9. The number of hydrogen-bond donors (Lipinski definition) is 0. The van der Waals surface area contributed by atoms with Gasteiger partial charge in [0.15, 0.2) is 0 Å². The first-order valence-corrected chi connectivity index (χ1v) is 10.4. The minimum Gasteiger partial charge on any atom is -0.356 e. The molecule has 0 N–H and O–H groups in total. The Balaban J connectivity index is 3.47. The SMILES string of the molecule is C#CC(CCCCC)OCOCC[Si](C)(C)C. The molecule has 0 aromatic rings. The van der Waals surface area contributed by atoms with Crippen LogP contribution in [-0.4, -0.2) is 27.6 Å². The highest BCUT2D eigenvalue weighted by Crippen LogP contribution is 2.09. The topological polar surface area (TPSA) is 18.5 Å². The third kappa shape index (κ3) is 12.0. The van der Waals surface area contributed by atoms with Crippen molar-refractivity contribution in [1.29, 1.82) is 0 Å². The predicted octanol–water partition coefficient (Wildman–Crippen LogP) is 3.90. The second kappa shape index (κ2) is 9.70. The maximum atomic E-state index is 5.51. The molecule has 1 atom stereocenters. The molecular weight excluding hydrogens is 228 g/mol. The lowest BCUT2D eigenvalue weighted by atomic mass is 10.1. The van der Waals surface area contributed by atoms with Crippen molar-refractivity contribution in [3.05, 3.63) is 0 Å². The van der Waals surface area contributed by atoms with Crippen molar-refractivity contribution in [2.45, 2.75) is 64.4 Å². The number of rotatable bonds is 10. The van der Waals surface area contributed by atoms with Crippen LogP contribution in [0.5, 0.6) is 0 Å². The van der Waals surface area contributed by atoms with Crippen LogP contribution < -0.4 is 0 Å². The zero-order chi connectivity index (χ0) is 13.1. The van der Waals surface area contributed by atoms with Gasteiger partial charge in [-0.15, -0.1) is 6.42 Å². The molecular formula is C14H28O2Si. The van der Waals surface area contributed by atoms with Crippen LogP contribution in [0.15, 0.2) is 0 Å². The average Bonchev–Trinajstić information content (AvgIpc) is 2.25. The van der Waals surface area contributed by atoms with Gasteiger partial charge in [-0.25, -0.2) is 0 Å². The highest BCUT2D eigenvalue weighted by Gasteiger charge is 2.12. The van der Waals surface area contributed by atoms with Gasteiger partial charge in [-0.2, -0.15) is 0 Å². The van der Waals surface area contributed by atoms with Crippen molar-refractivity contribution in [2.24, 2.45) is 0 Å². The molecule has 0 aliphatic heterocycles. The standard InChI is InChI=1S/C14H28O2Si/c1-6-8-9-10-14(7-2)16-13-15-11-12-17(3,4)5/h2,14H,6,8-13H2,1,3-5H3. The van der Waals surface area contributed by atoms with Crippen LogP contribution in [-0.2, 0) is 9.47 Å². The Morgan fingerprint density at radius 1 is 1.24 bits per heavy atom. The zero-order valence-corrected chi connectivity index (χ0v) is 12.9. The minimum atomic E-state index is -0.989. The summed E-state index contributed by atoms with van der Waals surface area (Å²) >= 11 is 0. The lowest BCUT2D eigenvalue weighted by molar-refractivity contribution is -0.0710. The van der Waals surface area contributed by atoms with Crippen LogP contribution in [0.25, 0.3) is 0 Å². The van der Waals surface area contributed by atoms with E-state index in [0.29, 0.717) is 6.79 Å². The van der Waals surface area contributed by atoms with E-state index in [9.17, 15) is 0 Å². The van der Waals surface area contributed by atoms with E-state index in [1.807, 2.05) is 0 Å². The molecule has 17 heavy (non-hydrogen) atoms. The lowest BCUT2D eigenvalue weighted by Gasteiger charge is -2.16. The third-order valence-electron chi connectivity index (χ3n) is 2.60. The van der Waals surface area contributed by atoms with E-state index >= 15 is 0 Å². The number of ether oxygens (including phenoxy) is 2. The van der Waals surface area contributed by atoms with Crippen LogP contribution in [0.4, 0.5) is 0 Å². The van der Waals surface area contributed by atoms with Crippen LogP contribution in [0.3, 0.4) is 0 Å².